The van der Waals surface area contributed by atoms with Crippen LogP contribution in [0, 0.1) is 0 Å². The van der Waals surface area contributed by atoms with Crippen LogP contribution in [0.4, 0.5) is 0 Å². The Balaban J connectivity index is 1.51. The van der Waals surface area contributed by atoms with Gasteiger partial charge >= 0.3 is 0 Å². The molecule has 0 unspecified atom stereocenters. The van der Waals surface area contributed by atoms with E-state index in [0.717, 1.165) is 25.5 Å². The van der Waals surface area contributed by atoms with Gasteiger partial charge in [-0.15, -0.1) is 0 Å². The van der Waals surface area contributed by atoms with Crippen molar-refractivity contribution in [2.24, 2.45) is 0 Å². The Hall–Kier alpha value is -0.510. The van der Waals surface area contributed by atoms with Crippen molar-refractivity contribution in [3.05, 3.63) is 35.9 Å². The third kappa shape index (κ3) is 5.11. The predicted octanol–water partition coefficient (Wildman–Crippen LogP) is 2.69. The molecule has 2 nitrogen and oxygen atoms in total. The topological polar surface area (TPSA) is 21.3 Å². The molecule has 0 amide bonds. The van der Waals surface area contributed by atoms with Crippen LogP contribution < -0.4 is 5.32 Å². The van der Waals surface area contributed by atoms with Crippen molar-refractivity contribution in [1.82, 2.24) is 5.32 Å². The first-order valence-corrected chi connectivity index (χ1v) is 7.53. The van der Waals surface area contributed by atoms with Gasteiger partial charge in [0.2, 0.25) is 0 Å². The molecule has 0 atom stereocenters. The van der Waals surface area contributed by atoms with Crippen molar-refractivity contribution in [3.63, 3.8) is 0 Å². The fourth-order valence-corrected chi connectivity index (χ4v) is 2.84. The quantitative estimate of drug-likeness (QED) is 0.786. The van der Waals surface area contributed by atoms with Gasteiger partial charge in [0.25, 0.3) is 0 Å². The highest BCUT2D eigenvalue weighted by molar-refractivity contribution is 7.98. The van der Waals surface area contributed by atoms with Crippen LogP contribution in [0.3, 0.4) is 0 Å². The van der Waals surface area contributed by atoms with Gasteiger partial charge in [-0.25, -0.2) is 0 Å². The lowest BCUT2D eigenvalue weighted by atomic mass is 10.1. The van der Waals surface area contributed by atoms with Crippen LogP contribution in [-0.4, -0.2) is 31.6 Å². The smallest absolute Gasteiger partial charge is 0.0480 e. The Bertz CT molecular complexity index is 298. The molecule has 1 aromatic rings. The number of hydrogen-bond donors (Lipinski definition) is 1. The summed E-state index contributed by atoms with van der Waals surface area (Å²) >= 11 is 2.00. The molecule has 1 fully saturated rings. The van der Waals surface area contributed by atoms with E-state index in [1.54, 1.807) is 0 Å². The lowest BCUT2D eigenvalue weighted by molar-refractivity contribution is 0.0786. The number of ether oxygens (including phenoxy) is 1. The van der Waals surface area contributed by atoms with Crippen LogP contribution >= 0.6 is 11.8 Å². The highest BCUT2D eigenvalue weighted by Crippen LogP contribution is 2.11. The Morgan fingerprint density at radius 1 is 1.18 bits per heavy atom. The zero-order chi connectivity index (χ0) is 11.8. The van der Waals surface area contributed by atoms with E-state index in [-0.39, 0.29) is 0 Å². The number of hydrogen-bond acceptors (Lipinski definition) is 3. The van der Waals surface area contributed by atoms with E-state index in [1.807, 2.05) is 11.8 Å². The average Bonchev–Trinajstić information content (AvgIpc) is 2.41. The standard InChI is InChI=1S/C14H21NOS/c1-2-4-13(5-3-1)12-17-11-8-15-14-6-9-16-10-7-14/h1-5,14-15H,6-12H2. The average molecular weight is 251 g/mol. The molecular weight excluding hydrogens is 230 g/mol. The van der Waals surface area contributed by atoms with Gasteiger partial charge in [0, 0.05) is 37.3 Å². The van der Waals surface area contributed by atoms with Crippen LogP contribution in [0.25, 0.3) is 0 Å². The van der Waals surface area contributed by atoms with Gasteiger partial charge in [-0.3, -0.25) is 0 Å². The molecule has 0 aromatic heterocycles. The Labute approximate surface area is 108 Å². The number of nitrogens with one attached hydrogen (secondary N) is 1. The first kappa shape index (κ1) is 12.9. The number of thioether (sulfide) groups is 1. The summed E-state index contributed by atoms with van der Waals surface area (Å²) in [4.78, 5) is 0. The molecular formula is C14H21NOS. The summed E-state index contributed by atoms with van der Waals surface area (Å²) in [5, 5.41) is 3.61. The van der Waals surface area contributed by atoms with Crippen LogP contribution in [0.5, 0.6) is 0 Å². The van der Waals surface area contributed by atoms with E-state index in [2.05, 4.69) is 35.6 Å². The zero-order valence-corrected chi connectivity index (χ0v) is 11.0. The third-order valence-corrected chi connectivity index (χ3v) is 4.04. The van der Waals surface area contributed by atoms with E-state index in [4.69, 9.17) is 4.74 Å². The van der Waals surface area contributed by atoms with Gasteiger partial charge in [0.05, 0.1) is 0 Å². The molecule has 1 aliphatic heterocycles. The Morgan fingerprint density at radius 2 is 1.94 bits per heavy atom. The van der Waals surface area contributed by atoms with Crippen molar-refractivity contribution in [2.45, 2.75) is 24.6 Å². The molecule has 0 saturated carbocycles. The minimum Gasteiger partial charge on any atom is -0.381 e. The molecule has 1 aromatic carbocycles. The summed E-state index contributed by atoms with van der Waals surface area (Å²) in [5.41, 5.74) is 1.42. The van der Waals surface area contributed by atoms with Gasteiger partial charge < -0.3 is 10.1 Å². The summed E-state index contributed by atoms with van der Waals surface area (Å²) in [7, 11) is 0. The highest BCUT2D eigenvalue weighted by atomic mass is 32.2. The highest BCUT2D eigenvalue weighted by Gasteiger charge is 2.11. The molecule has 1 aliphatic rings. The summed E-state index contributed by atoms with van der Waals surface area (Å²) in [5.74, 6) is 2.31. The van der Waals surface area contributed by atoms with Crippen LogP contribution in [0.1, 0.15) is 18.4 Å². The van der Waals surface area contributed by atoms with Crippen molar-refractivity contribution >= 4 is 11.8 Å². The normalized spacial score (nSPS) is 17.2. The second-order valence-corrected chi connectivity index (χ2v) is 5.48. The molecule has 2 rings (SSSR count). The van der Waals surface area contributed by atoms with Crippen LogP contribution in [0.15, 0.2) is 30.3 Å². The molecule has 1 N–H and O–H groups in total. The summed E-state index contributed by atoms with van der Waals surface area (Å²) in [6, 6.07) is 11.4. The predicted molar refractivity (Wildman–Crippen MR) is 74.4 cm³/mol. The first-order valence-electron chi connectivity index (χ1n) is 6.38. The third-order valence-electron chi connectivity index (χ3n) is 3.01. The number of benzene rings is 1. The molecule has 94 valence electrons. The van der Waals surface area contributed by atoms with Gasteiger partial charge in [-0.05, 0) is 18.4 Å². The van der Waals surface area contributed by atoms with Gasteiger partial charge in [0.1, 0.15) is 0 Å². The van der Waals surface area contributed by atoms with E-state index < -0.39 is 0 Å². The molecule has 17 heavy (non-hydrogen) atoms. The maximum absolute atomic E-state index is 5.34. The fraction of sp³-hybridized carbons (Fsp3) is 0.571. The molecule has 1 heterocycles. The maximum atomic E-state index is 5.34. The van der Waals surface area contributed by atoms with Crippen molar-refractivity contribution < 1.29 is 4.74 Å². The SMILES string of the molecule is c1ccc(CSCCNC2CCOCC2)cc1. The minimum absolute atomic E-state index is 0.682. The summed E-state index contributed by atoms with van der Waals surface area (Å²) < 4.78 is 5.34. The van der Waals surface area contributed by atoms with Crippen LogP contribution in [-0.2, 0) is 10.5 Å². The van der Waals surface area contributed by atoms with E-state index >= 15 is 0 Å². The van der Waals surface area contributed by atoms with Crippen molar-refractivity contribution in [1.29, 1.82) is 0 Å². The summed E-state index contributed by atoms with van der Waals surface area (Å²) in [6.45, 7) is 2.96. The Morgan fingerprint density at radius 3 is 2.71 bits per heavy atom. The van der Waals surface area contributed by atoms with E-state index in [9.17, 15) is 0 Å². The molecule has 0 bridgehead atoms. The van der Waals surface area contributed by atoms with E-state index in [1.165, 1.54) is 24.2 Å². The maximum Gasteiger partial charge on any atom is 0.0480 e. The molecule has 0 aliphatic carbocycles. The molecule has 0 spiro atoms. The lowest BCUT2D eigenvalue weighted by Gasteiger charge is -2.23. The summed E-state index contributed by atoms with van der Waals surface area (Å²) in [6.07, 6.45) is 2.34. The van der Waals surface area contributed by atoms with Crippen LogP contribution in [0.2, 0.25) is 0 Å². The molecule has 1 saturated heterocycles. The second-order valence-electron chi connectivity index (χ2n) is 4.38. The zero-order valence-electron chi connectivity index (χ0n) is 10.2. The Kier molecular flexibility index (Phi) is 5.89. The lowest BCUT2D eigenvalue weighted by Crippen LogP contribution is -2.36. The second kappa shape index (κ2) is 7.75. The van der Waals surface area contributed by atoms with E-state index in [0.29, 0.717) is 6.04 Å². The largest absolute Gasteiger partial charge is 0.381 e. The molecule has 0 radical (unpaired) electrons. The van der Waals surface area contributed by atoms with Gasteiger partial charge in [-0.1, -0.05) is 30.3 Å². The van der Waals surface area contributed by atoms with Gasteiger partial charge in [0.15, 0.2) is 0 Å². The van der Waals surface area contributed by atoms with Gasteiger partial charge in [-0.2, -0.15) is 11.8 Å². The first-order chi connectivity index (χ1) is 8.45. The minimum atomic E-state index is 0.682. The molecule has 3 heteroatoms. The monoisotopic (exact) mass is 251 g/mol. The number of rotatable bonds is 6. The fourth-order valence-electron chi connectivity index (χ4n) is 2.00. The van der Waals surface area contributed by atoms with Crippen molar-refractivity contribution in [3.8, 4) is 0 Å². The van der Waals surface area contributed by atoms with Crippen molar-refractivity contribution in [2.75, 3.05) is 25.5 Å².